The molecule has 2 aliphatic rings. The molecule has 1 spiro atoms. The number of hydrogen-bond donors (Lipinski definition) is 0. The van der Waals surface area contributed by atoms with Crippen LogP contribution in [0.15, 0.2) is 205 Å². The number of para-hydroxylation sites is 1. The van der Waals surface area contributed by atoms with Crippen molar-refractivity contribution < 1.29 is 4.42 Å². The van der Waals surface area contributed by atoms with Gasteiger partial charge < -0.3 is 4.42 Å². The minimum absolute atomic E-state index is 0.191. The maximum atomic E-state index is 6.90. The molecule has 0 saturated heterocycles. The zero-order chi connectivity index (χ0) is 37.5. The first-order chi connectivity index (χ1) is 28.3. The number of furan rings is 1. The third kappa shape index (κ3) is 4.69. The van der Waals surface area contributed by atoms with E-state index in [1.165, 1.54) is 88.5 Å². The van der Waals surface area contributed by atoms with Gasteiger partial charge in [0.1, 0.15) is 11.2 Å². The smallest absolute Gasteiger partial charge is 0.143 e. The van der Waals surface area contributed by atoms with Crippen LogP contribution in [0.2, 0.25) is 0 Å². The van der Waals surface area contributed by atoms with Crippen LogP contribution < -0.4 is 0 Å². The Morgan fingerprint density at radius 2 is 1.12 bits per heavy atom. The van der Waals surface area contributed by atoms with Gasteiger partial charge in [0.2, 0.25) is 0 Å². The van der Waals surface area contributed by atoms with Crippen molar-refractivity contribution in [2.75, 3.05) is 0 Å². The molecule has 9 aromatic carbocycles. The molecular formula is C56H38O. The van der Waals surface area contributed by atoms with Crippen molar-refractivity contribution >= 4 is 32.7 Å². The molecule has 0 amide bonds. The summed E-state index contributed by atoms with van der Waals surface area (Å²) in [4.78, 5) is 0. The molecule has 1 aromatic heterocycles. The highest BCUT2D eigenvalue weighted by Crippen LogP contribution is 2.65. The molecule has 0 aliphatic heterocycles. The highest BCUT2D eigenvalue weighted by atomic mass is 16.3. The maximum Gasteiger partial charge on any atom is 0.143 e. The van der Waals surface area contributed by atoms with Crippen LogP contribution in [0.1, 0.15) is 51.3 Å². The summed E-state index contributed by atoms with van der Waals surface area (Å²) in [7, 11) is 0. The fourth-order valence-electron chi connectivity index (χ4n) is 10.5. The van der Waals surface area contributed by atoms with Crippen molar-refractivity contribution in [3.8, 4) is 33.4 Å². The Morgan fingerprint density at radius 3 is 1.98 bits per heavy atom. The Balaban J connectivity index is 1.14. The van der Waals surface area contributed by atoms with Crippen LogP contribution in [-0.2, 0) is 11.8 Å². The Kier molecular flexibility index (Phi) is 7.10. The highest BCUT2D eigenvalue weighted by Gasteiger charge is 2.53. The molecule has 10 aromatic rings. The molecule has 0 N–H and O–H groups in total. The van der Waals surface area contributed by atoms with Crippen molar-refractivity contribution in [2.24, 2.45) is 0 Å². The fourth-order valence-corrected chi connectivity index (χ4v) is 10.5. The molecule has 2 unspecified atom stereocenters. The first-order valence-electron chi connectivity index (χ1n) is 20.2. The van der Waals surface area contributed by atoms with E-state index in [1.54, 1.807) is 0 Å². The lowest BCUT2D eigenvalue weighted by Gasteiger charge is -2.32. The lowest BCUT2D eigenvalue weighted by molar-refractivity contribution is 0.669. The van der Waals surface area contributed by atoms with Crippen LogP contribution in [0.3, 0.4) is 0 Å². The van der Waals surface area contributed by atoms with E-state index < -0.39 is 5.41 Å². The fraction of sp³-hybridized carbons (Fsp3) is 0.0714. The molecule has 0 fully saturated rings. The summed E-state index contributed by atoms with van der Waals surface area (Å²) < 4.78 is 6.90. The quantitative estimate of drug-likeness (QED) is 0.166. The number of benzene rings is 9. The zero-order valence-electron chi connectivity index (χ0n) is 31.5. The third-order valence-electron chi connectivity index (χ3n) is 13.0. The van der Waals surface area contributed by atoms with E-state index in [2.05, 4.69) is 200 Å². The Hall–Kier alpha value is -6.96. The van der Waals surface area contributed by atoms with Crippen molar-refractivity contribution in [2.45, 2.75) is 24.2 Å². The van der Waals surface area contributed by atoms with Gasteiger partial charge in [-0.3, -0.25) is 0 Å². The van der Waals surface area contributed by atoms with E-state index in [0.717, 1.165) is 29.4 Å². The lowest BCUT2D eigenvalue weighted by Crippen LogP contribution is -2.26. The molecule has 57 heavy (non-hydrogen) atoms. The second-order valence-corrected chi connectivity index (χ2v) is 15.8. The first-order valence-corrected chi connectivity index (χ1v) is 20.2. The predicted molar refractivity (Wildman–Crippen MR) is 236 cm³/mol. The predicted octanol–water partition coefficient (Wildman–Crippen LogP) is 14.5. The number of rotatable bonds is 6. The van der Waals surface area contributed by atoms with Crippen LogP contribution >= 0.6 is 0 Å². The van der Waals surface area contributed by atoms with Gasteiger partial charge in [0.15, 0.2) is 0 Å². The normalized spacial score (nSPS) is 15.5. The Bertz CT molecular complexity index is 3170. The van der Waals surface area contributed by atoms with Crippen LogP contribution in [0.4, 0.5) is 0 Å². The molecule has 12 rings (SSSR count). The summed E-state index contributed by atoms with van der Waals surface area (Å²) in [6.07, 6.45) is 1.99. The van der Waals surface area contributed by atoms with E-state index >= 15 is 0 Å². The molecule has 0 bridgehead atoms. The largest absolute Gasteiger partial charge is 0.455 e. The first kappa shape index (κ1) is 32.3. The average molecular weight is 727 g/mol. The molecule has 0 saturated carbocycles. The van der Waals surface area contributed by atoms with Crippen LogP contribution in [-0.4, -0.2) is 0 Å². The van der Waals surface area contributed by atoms with Crippen LogP contribution in [0.5, 0.6) is 0 Å². The second kappa shape index (κ2) is 12.5. The summed E-state index contributed by atoms with van der Waals surface area (Å²) in [6.45, 7) is 0. The van der Waals surface area contributed by atoms with Gasteiger partial charge in [-0.15, -0.1) is 0 Å². The van der Waals surface area contributed by atoms with Crippen molar-refractivity contribution in [3.05, 3.63) is 239 Å². The molecule has 1 heterocycles. The van der Waals surface area contributed by atoms with Crippen molar-refractivity contribution in [3.63, 3.8) is 0 Å². The summed E-state index contributed by atoms with van der Waals surface area (Å²) in [5, 5.41) is 4.89. The SMILES string of the molecule is c1ccc(CCC(c2ccc(-c3ccccc3)cc2)c2ccc3c(c2)C2(c4ccccc4-c4ccc5ccccc5c42)c2ccc4c(oc5ccccc54)c2-3)cc1. The maximum absolute atomic E-state index is 6.90. The van der Waals surface area contributed by atoms with Gasteiger partial charge in [-0.2, -0.15) is 0 Å². The minimum Gasteiger partial charge on any atom is -0.455 e. The van der Waals surface area contributed by atoms with Crippen molar-refractivity contribution in [1.82, 2.24) is 0 Å². The molecule has 0 radical (unpaired) electrons. The number of fused-ring (bicyclic) bond motifs is 16. The molecule has 2 aliphatic carbocycles. The lowest BCUT2D eigenvalue weighted by atomic mass is 9.68. The van der Waals surface area contributed by atoms with E-state index in [9.17, 15) is 0 Å². The third-order valence-corrected chi connectivity index (χ3v) is 13.0. The van der Waals surface area contributed by atoms with Gasteiger partial charge in [0.05, 0.1) is 5.41 Å². The van der Waals surface area contributed by atoms with Gasteiger partial charge in [-0.05, 0) is 96.4 Å². The molecular weight excluding hydrogens is 689 g/mol. The summed E-state index contributed by atoms with van der Waals surface area (Å²) >= 11 is 0. The summed E-state index contributed by atoms with van der Waals surface area (Å²) in [6, 6.07) is 74.4. The Morgan fingerprint density at radius 1 is 0.439 bits per heavy atom. The van der Waals surface area contributed by atoms with E-state index in [-0.39, 0.29) is 5.92 Å². The zero-order valence-corrected chi connectivity index (χ0v) is 31.5. The van der Waals surface area contributed by atoms with E-state index in [0.29, 0.717) is 0 Å². The van der Waals surface area contributed by atoms with E-state index in [1.807, 2.05) is 0 Å². The van der Waals surface area contributed by atoms with Gasteiger partial charge in [0, 0.05) is 22.3 Å². The second-order valence-electron chi connectivity index (χ2n) is 15.8. The minimum atomic E-state index is -0.526. The van der Waals surface area contributed by atoms with Gasteiger partial charge >= 0.3 is 0 Å². The standard InChI is InChI=1S/C56H38O/c1-3-13-36(14-4-1)23-30-42(40-26-24-38(25-27-40)37-15-5-2-6-16-37)41-29-32-48-51(35-41)56(50-34-33-47-45-20-10-12-22-52(45)57-55(47)53(48)50)49-21-11-9-19-44(49)46-31-28-39-17-7-8-18-43(39)54(46)56/h1-22,24-29,31-35,42H,23,30H2. The average Bonchev–Trinajstić information content (AvgIpc) is 3.91. The van der Waals surface area contributed by atoms with Gasteiger partial charge in [0.25, 0.3) is 0 Å². The highest BCUT2D eigenvalue weighted by molar-refractivity contribution is 6.14. The summed E-state index contributed by atoms with van der Waals surface area (Å²) in [5.74, 6) is 0.191. The number of hydrogen-bond acceptors (Lipinski definition) is 1. The molecule has 1 heteroatoms. The monoisotopic (exact) mass is 726 g/mol. The van der Waals surface area contributed by atoms with Crippen LogP contribution in [0.25, 0.3) is 66.1 Å². The van der Waals surface area contributed by atoms with E-state index in [4.69, 9.17) is 4.42 Å². The topological polar surface area (TPSA) is 13.1 Å². The van der Waals surface area contributed by atoms with Crippen molar-refractivity contribution in [1.29, 1.82) is 0 Å². The Labute approximate surface area is 332 Å². The number of aryl methyl sites for hydroxylation is 1. The van der Waals surface area contributed by atoms with Gasteiger partial charge in [-0.1, -0.05) is 194 Å². The van der Waals surface area contributed by atoms with Gasteiger partial charge in [-0.25, -0.2) is 0 Å². The summed E-state index contributed by atoms with van der Waals surface area (Å²) in [5.41, 5.74) is 18.4. The molecule has 2 atom stereocenters. The molecule has 1 nitrogen and oxygen atoms in total. The van der Waals surface area contributed by atoms with Crippen LogP contribution in [0, 0.1) is 0 Å². The molecule has 268 valence electrons.